The first-order valence-electron chi connectivity index (χ1n) is 6.71. The first kappa shape index (κ1) is 10.8. The van der Waals surface area contributed by atoms with Gasteiger partial charge in [-0.05, 0) is 40.7 Å². The summed E-state index contributed by atoms with van der Waals surface area (Å²) in [6.07, 6.45) is 1.62. The van der Waals surface area contributed by atoms with E-state index in [1.165, 1.54) is 27.8 Å². The molecular weight excluding hydrogens is 236 g/mol. The van der Waals surface area contributed by atoms with Crippen LogP contribution in [0, 0.1) is 5.92 Å². The zero-order valence-electron chi connectivity index (χ0n) is 10.5. The van der Waals surface area contributed by atoms with Crippen molar-refractivity contribution in [2.75, 3.05) is 0 Å². The van der Waals surface area contributed by atoms with Crippen LogP contribution in [0.15, 0.2) is 42.5 Å². The molecule has 0 saturated carbocycles. The molecule has 0 bridgehead atoms. The molecule has 0 aliphatic heterocycles. The number of fused-ring (bicyclic) bond motifs is 3. The van der Waals surface area contributed by atoms with Gasteiger partial charge in [-0.1, -0.05) is 42.5 Å². The van der Waals surface area contributed by atoms with Crippen molar-refractivity contribution in [2.24, 2.45) is 5.92 Å². The lowest BCUT2D eigenvalue weighted by atomic mass is 9.74. The molecule has 0 saturated heterocycles. The Balaban J connectivity index is 2.04. The van der Waals surface area contributed by atoms with Gasteiger partial charge in [0.05, 0.1) is 5.92 Å². The summed E-state index contributed by atoms with van der Waals surface area (Å²) in [4.78, 5) is 11.6. The van der Waals surface area contributed by atoms with E-state index in [-0.39, 0.29) is 11.8 Å². The summed E-state index contributed by atoms with van der Waals surface area (Å²) in [5.41, 5.74) is 6.25. The molecule has 0 aromatic heterocycles. The largest absolute Gasteiger partial charge is 0.481 e. The Bertz CT molecular complexity index is 687. The number of benzene rings is 2. The second-order valence-electron chi connectivity index (χ2n) is 5.43. The summed E-state index contributed by atoms with van der Waals surface area (Å²) in [6, 6.07) is 14.6. The highest BCUT2D eigenvalue weighted by molar-refractivity contribution is 5.84. The molecule has 2 aromatic rings. The van der Waals surface area contributed by atoms with Crippen LogP contribution < -0.4 is 0 Å². The third-order valence-electron chi connectivity index (χ3n) is 4.54. The van der Waals surface area contributed by atoms with Crippen LogP contribution in [0.25, 0.3) is 11.1 Å². The molecule has 0 amide bonds. The van der Waals surface area contributed by atoms with Gasteiger partial charge < -0.3 is 5.11 Å². The topological polar surface area (TPSA) is 37.3 Å². The van der Waals surface area contributed by atoms with Crippen LogP contribution in [0.3, 0.4) is 0 Å². The van der Waals surface area contributed by atoms with Gasteiger partial charge in [0.2, 0.25) is 0 Å². The highest BCUT2D eigenvalue weighted by atomic mass is 16.4. The van der Waals surface area contributed by atoms with Crippen molar-refractivity contribution < 1.29 is 9.90 Å². The summed E-state index contributed by atoms with van der Waals surface area (Å²) in [6.45, 7) is 0. The van der Waals surface area contributed by atoms with Crippen molar-refractivity contribution in [3.8, 4) is 11.1 Å². The van der Waals surface area contributed by atoms with Crippen molar-refractivity contribution in [1.82, 2.24) is 0 Å². The first-order valence-corrected chi connectivity index (χ1v) is 6.71. The van der Waals surface area contributed by atoms with Crippen molar-refractivity contribution in [2.45, 2.75) is 18.8 Å². The second kappa shape index (κ2) is 3.70. The van der Waals surface area contributed by atoms with E-state index in [4.69, 9.17) is 0 Å². The summed E-state index contributed by atoms with van der Waals surface area (Å²) in [5.74, 6) is -0.895. The fourth-order valence-corrected chi connectivity index (χ4v) is 3.76. The van der Waals surface area contributed by atoms with E-state index in [9.17, 15) is 9.90 Å². The number of carboxylic acids is 1. The lowest BCUT2D eigenvalue weighted by molar-refractivity contribution is -0.142. The van der Waals surface area contributed by atoms with E-state index in [0.717, 1.165) is 12.8 Å². The number of carbonyl (C=O) groups is 1. The van der Waals surface area contributed by atoms with Crippen LogP contribution in [0.1, 0.15) is 29.0 Å². The van der Waals surface area contributed by atoms with Gasteiger partial charge in [0.15, 0.2) is 0 Å². The predicted octanol–water partition coefficient (Wildman–Crippen LogP) is 3.45. The van der Waals surface area contributed by atoms with Crippen molar-refractivity contribution >= 4 is 5.97 Å². The summed E-state index contributed by atoms with van der Waals surface area (Å²) >= 11 is 0. The van der Waals surface area contributed by atoms with Gasteiger partial charge >= 0.3 is 5.97 Å². The lowest BCUT2D eigenvalue weighted by Gasteiger charge is -2.28. The van der Waals surface area contributed by atoms with Crippen molar-refractivity contribution in [1.29, 1.82) is 0 Å². The van der Waals surface area contributed by atoms with Crippen LogP contribution in [-0.2, 0) is 11.2 Å². The predicted molar refractivity (Wildman–Crippen MR) is 73.2 cm³/mol. The van der Waals surface area contributed by atoms with Gasteiger partial charge in [0.25, 0.3) is 0 Å². The number of rotatable bonds is 1. The molecule has 2 aliphatic rings. The second-order valence-corrected chi connectivity index (χ2v) is 5.43. The maximum atomic E-state index is 11.6. The zero-order chi connectivity index (χ0) is 13.0. The van der Waals surface area contributed by atoms with Gasteiger partial charge in [-0.25, -0.2) is 0 Å². The molecule has 2 atom stereocenters. The molecule has 1 N–H and O–H groups in total. The Hall–Kier alpha value is -2.09. The molecule has 0 spiro atoms. The number of aliphatic carboxylic acids is 1. The molecule has 19 heavy (non-hydrogen) atoms. The molecule has 0 radical (unpaired) electrons. The van der Waals surface area contributed by atoms with Gasteiger partial charge in [-0.2, -0.15) is 0 Å². The maximum Gasteiger partial charge on any atom is 0.307 e. The first-order chi connectivity index (χ1) is 9.27. The van der Waals surface area contributed by atoms with Gasteiger partial charge in [-0.3, -0.25) is 4.79 Å². The van der Waals surface area contributed by atoms with E-state index in [1.807, 2.05) is 12.1 Å². The highest BCUT2D eigenvalue weighted by Crippen LogP contribution is 2.52. The minimum atomic E-state index is -0.665. The standard InChI is InChI=1S/C17H14O2/c18-17(19)14-9-8-10-4-3-7-12-11-5-1-2-6-13(11)16(14)15(10)12/h1-7,14,16H,8-9H2,(H,18,19)/t14-,16+/m0/s1. The van der Waals surface area contributed by atoms with E-state index >= 15 is 0 Å². The van der Waals surface area contributed by atoms with Gasteiger partial charge in [0.1, 0.15) is 0 Å². The molecular formula is C17H14O2. The molecule has 4 rings (SSSR count). The third kappa shape index (κ3) is 1.34. The molecule has 2 aromatic carbocycles. The Labute approximate surface area is 111 Å². The lowest BCUT2D eigenvalue weighted by Crippen LogP contribution is -2.26. The van der Waals surface area contributed by atoms with Crippen LogP contribution in [0.4, 0.5) is 0 Å². The third-order valence-corrected chi connectivity index (χ3v) is 4.54. The fourth-order valence-electron chi connectivity index (χ4n) is 3.76. The number of hydrogen-bond donors (Lipinski definition) is 1. The van der Waals surface area contributed by atoms with Crippen LogP contribution in [0.5, 0.6) is 0 Å². The average molecular weight is 250 g/mol. The normalized spacial score (nSPS) is 22.7. The molecule has 2 heteroatoms. The number of carboxylic acid groups (broad SMARTS) is 1. The fraction of sp³-hybridized carbons (Fsp3) is 0.235. The summed E-state index contributed by atoms with van der Waals surface area (Å²) in [7, 11) is 0. The van der Waals surface area contributed by atoms with Crippen molar-refractivity contribution in [3.63, 3.8) is 0 Å². The van der Waals surface area contributed by atoms with E-state index in [1.54, 1.807) is 0 Å². The molecule has 0 unspecified atom stereocenters. The Morgan fingerprint density at radius 1 is 1.05 bits per heavy atom. The van der Waals surface area contributed by atoms with Crippen LogP contribution in [-0.4, -0.2) is 11.1 Å². The minimum absolute atomic E-state index is 0.0497. The number of aryl methyl sites for hydroxylation is 1. The highest BCUT2D eigenvalue weighted by Gasteiger charge is 2.41. The zero-order valence-corrected chi connectivity index (χ0v) is 10.5. The van der Waals surface area contributed by atoms with Crippen LogP contribution in [0.2, 0.25) is 0 Å². The monoisotopic (exact) mass is 250 g/mol. The molecule has 94 valence electrons. The summed E-state index contributed by atoms with van der Waals surface area (Å²) in [5, 5.41) is 9.51. The maximum absolute atomic E-state index is 11.6. The van der Waals surface area contributed by atoms with Crippen molar-refractivity contribution in [3.05, 3.63) is 59.2 Å². The molecule has 0 heterocycles. The molecule has 2 aliphatic carbocycles. The van der Waals surface area contributed by atoms with E-state index in [0.29, 0.717) is 0 Å². The molecule has 0 fully saturated rings. The molecule has 2 nitrogen and oxygen atoms in total. The Morgan fingerprint density at radius 3 is 2.68 bits per heavy atom. The van der Waals surface area contributed by atoms with E-state index < -0.39 is 5.97 Å². The van der Waals surface area contributed by atoms with Crippen LogP contribution >= 0.6 is 0 Å². The van der Waals surface area contributed by atoms with E-state index in [2.05, 4.69) is 30.3 Å². The quantitative estimate of drug-likeness (QED) is 0.841. The number of hydrogen-bond acceptors (Lipinski definition) is 1. The summed E-state index contributed by atoms with van der Waals surface area (Å²) < 4.78 is 0. The average Bonchev–Trinajstić information content (AvgIpc) is 2.77. The Morgan fingerprint density at radius 2 is 1.84 bits per heavy atom. The Kier molecular flexibility index (Phi) is 2.10. The van der Waals surface area contributed by atoms with Gasteiger partial charge in [-0.15, -0.1) is 0 Å². The SMILES string of the molecule is O=C(O)[C@H]1CCc2cccc3c2[C@@H]1c1ccccc1-3. The minimum Gasteiger partial charge on any atom is -0.481 e. The smallest absolute Gasteiger partial charge is 0.307 e. The van der Waals surface area contributed by atoms with Gasteiger partial charge in [0, 0.05) is 5.92 Å².